The highest BCUT2D eigenvalue weighted by molar-refractivity contribution is 5.17. The first-order valence-electron chi connectivity index (χ1n) is 5.81. The summed E-state index contributed by atoms with van der Waals surface area (Å²) < 4.78 is 31.1. The van der Waals surface area contributed by atoms with Crippen molar-refractivity contribution in [3.63, 3.8) is 0 Å². The lowest BCUT2D eigenvalue weighted by atomic mass is 10.2. The van der Waals surface area contributed by atoms with Gasteiger partial charge in [-0.3, -0.25) is 0 Å². The van der Waals surface area contributed by atoms with Crippen LogP contribution in [0.2, 0.25) is 0 Å². The predicted molar refractivity (Wildman–Crippen MR) is 63.7 cm³/mol. The molecule has 17 heavy (non-hydrogen) atoms. The average molecular weight is 243 g/mol. The largest absolute Gasteiger partial charge is 0.380 e. The minimum atomic E-state index is -0.544. The number of benzene rings is 1. The average Bonchev–Trinajstić information content (AvgIpc) is 2.21. The van der Waals surface area contributed by atoms with Crippen molar-refractivity contribution in [3.05, 3.63) is 35.4 Å². The molecule has 2 nitrogen and oxygen atoms in total. The summed E-state index contributed by atoms with van der Waals surface area (Å²) in [6.45, 7) is 6.63. The molecule has 0 saturated carbocycles. The molecular formula is C13H19F2NO. The van der Waals surface area contributed by atoms with E-state index in [4.69, 9.17) is 4.74 Å². The summed E-state index contributed by atoms with van der Waals surface area (Å²) in [7, 11) is 0. The van der Waals surface area contributed by atoms with Crippen molar-refractivity contribution in [2.24, 2.45) is 5.92 Å². The molecule has 4 heteroatoms. The number of hydrogen-bond donors (Lipinski definition) is 1. The number of nitrogens with one attached hydrogen (secondary N) is 1. The molecule has 0 aliphatic carbocycles. The highest BCUT2D eigenvalue weighted by atomic mass is 19.1. The fraction of sp³-hybridized carbons (Fsp3) is 0.538. The van der Waals surface area contributed by atoms with Gasteiger partial charge in [0.25, 0.3) is 0 Å². The molecule has 0 unspecified atom stereocenters. The summed E-state index contributed by atoms with van der Waals surface area (Å²) in [5.74, 6) is -0.567. The highest BCUT2D eigenvalue weighted by Gasteiger charge is 2.00. The number of rotatable bonds is 7. The molecule has 0 radical (unpaired) electrons. The molecule has 1 aromatic rings. The molecule has 0 aliphatic heterocycles. The van der Waals surface area contributed by atoms with Crippen molar-refractivity contribution in [1.29, 1.82) is 0 Å². The first-order chi connectivity index (χ1) is 8.08. The van der Waals surface area contributed by atoms with Crippen LogP contribution in [0.25, 0.3) is 0 Å². The van der Waals surface area contributed by atoms with E-state index in [1.807, 2.05) is 0 Å². The molecule has 0 fully saturated rings. The number of ether oxygens (including phenoxy) is 1. The Bertz CT molecular complexity index is 322. The van der Waals surface area contributed by atoms with Crippen molar-refractivity contribution in [2.45, 2.75) is 20.4 Å². The maximum Gasteiger partial charge on any atom is 0.126 e. The van der Waals surface area contributed by atoms with Crippen molar-refractivity contribution < 1.29 is 13.5 Å². The van der Waals surface area contributed by atoms with Gasteiger partial charge in [0.2, 0.25) is 0 Å². The van der Waals surface area contributed by atoms with E-state index in [1.165, 1.54) is 12.1 Å². The lowest BCUT2D eigenvalue weighted by Crippen LogP contribution is -2.20. The van der Waals surface area contributed by atoms with Gasteiger partial charge in [0, 0.05) is 25.8 Å². The van der Waals surface area contributed by atoms with Crippen molar-refractivity contribution in [2.75, 3.05) is 19.8 Å². The Kier molecular flexibility index (Phi) is 6.08. The molecule has 1 rings (SSSR count). The van der Waals surface area contributed by atoms with Crippen LogP contribution in [-0.4, -0.2) is 19.8 Å². The molecule has 0 aliphatic rings. The van der Waals surface area contributed by atoms with Crippen LogP contribution in [-0.2, 0) is 11.3 Å². The Morgan fingerprint density at radius 2 is 1.82 bits per heavy atom. The molecule has 0 bridgehead atoms. The summed E-state index contributed by atoms with van der Waals surface area (Å²) in [6.07, 6.45) is 0. The minimum Gasteiger partial charge on any atom is -0.380 e. The second-order valence-corrected chi connectivity index (χ2v) is 4.42. The Labute approximate surface area is 101 Å². The first-order valence-corrected chi connectivity index (χ1v) is 5.81. The van der Waals surface area contributed by atoms with E-state index in [9.17, 15) is 8.78 Å². The van der Waals surface area contributed by atoms with Gasteiger partial charge in [-0.2, -0.15) is 0 Å². The van der Waals surface area contributed by atoms with Crippen molar-refractivity contribution >= 4 is 0 Å². The normalized spacial score (nSPS) is 11.1. The third kappa shape index (κ3) is 6.34. The summed E-state index contributed by atoms with van der Waals surface area (Å²) in [5.41, 5.74) is 0.603. The fourth-order valence-corrected chi connectivity index (χ4v) is 1.41. The number of halogens is 2. The summed E-state index contributed by atoms with van der Waals surface area (Å²) >= 11 is 0. The standard InChI is InChI=1S/C13H19F2NO/c1-10(2)9-17-4-3-16-8-11-5-12(14)7-13(15)6-11/h5-7,10,16H,3-4,8-9H2,1-2H3. The molecule has 0 saturated heterocycles. The van der Waals surface area contributed by atoms with Gasteiger partial charge in [0.05, 0.1) is 6.61 Å². The van der Waals surface area contributed by atoms with E-state index in [0.717, 1.165) is 12.7 Å². The summed E-state index contributed by atoms with van der Waals surface area (Å²) in [5, 5.41) is 3.07. The second kappa shape index (κ2) is 7.35. The van der Waals surface area contributed by atoms with Crippen LogP contribution in [0.4, 0.5) is 8.78 Å². The molecule has 1 aromatic carbocycles. The predicted octanol–water partition coefficient (Wildman–Crippen LogP) is 2.73. The second-order valence-electron chi connectivity index (χ2n) is 4.42. The van der Waals surface area contributed by atoms with Crippen LogP contribution in [0.1, 0.15) is 19.4 Å². The zero-order chi connectivity index (χ0) is 12.7. The van der Waals surface area contributed by atoms with E-state index < -0.39 is 11.6 Å². The van der Waals surface area contributed by atoms with Gasteiger partial charge in [0.1, 0.15) is 11.6 Å². The molecule has 0 amide bonds. The quantitative estimate of drug-likeness (QED) is 0.743. The van der Waals surface area contributed by atoms with E-state index >= 15 is 0 Å². The third-order valence-corrected chi connectivity index (χ3v) is 2.13. The highest BCUT2D eigenvalue weighted by Crippen LogP contribution is 2.07. The molecular weight excluding hydrogens is 224 g/mol. The van der Waals surface area contributed by atoms with E-state index in [2.05, 4.69) is 19.2 Å². The molecule has 0 heterocycles. The Hall–Kier alpha value is -1.00. The monoisotopic (exact) mass is 243 g/mol. The Balaban J connectivity index is 2.18. The van der Waals surface area contributed by atoms with Gasteiger partial charge in [-0.1, -0.05) is 13.8 Å². The van der Waals surface area contributed by atoms with E-state index in [1.54, 1.807) is 0 Å². The lowest BCUT2D eigenvalue weighted by Gasteiger charge is -2.08. The van der Waals surface area contributed by atoms with E-state index in [0.29, 0.717) is 31.2 Å². The molecule has 1 N–H and O–H groups in total. The Morgan fingerprint density at radius 3 is 2.41 bits per heavy atom. The van der Waals surface area contributed by atoms with Gasteiger partial charge in [-0.15, -0.1) is 0 Å². The minimum absolute atomic E-state index is 0.444. The van der Waals surface area contributed by atoms with Gasteiger partial charge < -0.3 is 10.1 Å². The van der Waals surface area contributed by atoms with Crippen molar-refractivity contribution in [1.82, 2.24) is 5.32 Å². The van der Waals surface area contributed by atoms with Gasteiger partial charge in [-0.25, -0.2) is 8.78 Å². The van der Waals surface area contributed by atoms with Crippen LogP contribution in [0, 0.1) is 17.6 Å². The molecule has 0 aromatic heterocycles. The zero-order valence-electron chi connectivity index (χ0n) is 10.3. The van der Waals surface area contributed by atoms with Crippen LogP contribution < -0.4 is 5.32 Å². The van der Waals surface area contributed by atoms with Crippen molar-refractivity contribution in [3.8, 4) is 0 Å². The van der Waals surface area contributed by atoms with Crippen LogP contribution in [0.3, 0.4) is 0 Å². The molecule has 0 atom stereocenters. The maximum absolute atomic E-state index is 12.9. The zero-order valence-corrected chi connectivity index (χ0v) is 10.3. The lowest BCUT2D eigenvalue weighted by molar-refractivity contribution is 0.111. The van der Waals surface area contributed by atoms with Gasteiger partial charge in [-0.05, 0) is 23.6 Å². The van der Waals surface area contributed by atoms with Crippen LogP contribution in [0.15, 0.2) is 18.2 Å². The first kappa shape index (κ1) is 14.1. The Morgan fingerprint density at radius 1 is 1.18 bits per heavy atom. The fourth-order valence-electron chi connectivity index (χ4n) is 1.41. The summed E-state index contributed by atoms with van der Waals surface area (Å²) in [4.78, 5) is 0. The van der Waals surface area contributed by atoms with Gasteiger partial charge in [0.15, 0.2) is 0 Å². The summed E-state index contributed by atoms with van der Waals surface area (Å²) in [6, 6.07) is 3.52. The van der Waals surface area contributed by atoms with Crippen LogP contribution in [0.5, 0.6) is 0 Å². The smallest absolute Gasteiger partial charge is 0.126 e. The molecule has 96 valence electrons. The SMILES string of the molecule is CC(C)COCCNCc1cc(F)cc(F)c1. The van der Waals surface area contributed by atoms with Crippen LogP contribution >= 0.6 is 0 Å². The number of hydrogen-bond acceptors (Lipinski definition) is 2. The third-order valence-electron chi connectivity index (χ3n) is 2.13. The molecule has 0 spiro atoms. The maximum atomic E-state index is 12.9. The van der Waals surface area contributed by atoms with E-state index in [-0.39, 0.29) is 0 Å². The topological polar surface area (TPSA) is 21.3 Å². The van der Waals surface area contributed by atoms with Gasteiger partial charge >= 0.3 is 0 Å².